The summed E-state index contributed by atoms with van der Waals surface area (Å²) in [6, 6.07) is 0. The third kappa shape index (κ3) is 4.88. The molecule has 5 nitrogen and oxygen atoms in total. The third-order valence-electron chi connectivity index (χ3n) is 2.89. The zero-order valence-corrected chi connectivity index (χ0v) is 12.4. The second kappa shape index (κ2) is 7.01. The highest BCUT2D eigenvalue weighted by molar-refractivity contribution is 7.09. The van der Waals surface area contributed by atoms with E-state index in [9.17, 15) is 0 Å². The molecule has 2 N–H and O–H groups in total. The van der Waals surface area contributed by atoms with Gasteiger partial charge in [0.2, 0.25) is 5.13 Å². The number of nitrogens with one attached hydrogen (secondary N) is 1. The highest BCUT2D eigenvalue weighted by Crippen LogP contribution is 2.24. The lowest BCUT2D eigenvalue weighted by atomic mass is 9.88. The first-order valence-corrected chi connectivity index (χ1v) is 6.97. The molecule has 0 spiro atoms. The van der Waals surface area contributed by atoms with Crippen LogP contribution in [0.3, 0.4) is 0 Å². The predicted octanol–water partition coefficient (Wildman–Crippen LogP) is 2.46. The van der Waals surface area contributed by atoms with E-state index in [1.54, 1.807) is 7.11 Å². The minimum atomic E-state index is -0.0702. The van der Waals surface area contributed by atoms with Crippen molar-refractivity contribution in [3.8, 4) is 0 Å². The van der Waals surface area contributed by atoms with Crippen molar-refractivity contribution < 1.29 is 9.84 Å². The van der Waals surface area contributed by atoms with Gasteiger partial charge in [-0.2, -0.15) is 4.37 Å². The molecule has 1 atom stereocenters. The van der Waals surface area contributed by atoms with Crippen molar-refractivity contribution in [1.29, 1.82) is 0 Å². The van der Waals surface area contributed by atoms with Gasteiger partial charge in [-0.1, -0.05) is 13.8 Å². The lowest BCUT2D eigenvalue weighted by Crippen LogP contribution is -2.23. The molecule has 0 aliphatic heterocycles. The fraction of sp³-hybridized carbons (Fsp3) is 0.833. The molecule has 0 fully saturated rings. The van der Waals surface area contributed by atoms with E-state index in [2.05, 4.69) is 28.5 Å². The van der Waals surface area contributed by atoms with Crippen LogP contribution in [0.4, 0.5) is 5.13 Å². The summed E-state index contributed by atoms with van der Waals surface area (Å²) in [5.41, 5.74) is 0.140. The van der Waals surface area contributed by atoms with Crippen LogP contribution in [0.2, 0.25) is 0 Å². The summed E-state index contributed by atoms with van der Waals surface area (Å²) in [4.78, 5) is 4.39. The molecule has 0 amide bonds. The topological polar surface area (TPSA) is 67.3 Å². The molecule has 0 aromatic carbocycles. The number of anilines is 1. The Morgan fingerprint density at radius 1 is 1.50 bits per heavy atom. The maximum Gasteiger partial charge on any atom is 0.202 e. The first-order chi connectivity index (χ1) is 8.48. The second-order valence-electron chi connectivity index (χ2n) is 5.18. The van der Waals surface area contributed by atoms with Crippen LogP contribution in [-0.2, 0) is 4.74 Å². The maximum absolute atomic E-state index is 8.85. The number of nitrogens with zero attached hydrogens (tertiary/aromatic N) is 2. The molecule has 0 bridgehead atoms. The van der Waals surface area contributed by atoms with Crippen LogP contribution in [0, 0.1) is 5.41 Å². The number of methoxy groups -OCH3 is 1. The number of aromatic nitrogens is 2. The van der Waals surface area contributed by atoms with E-state index >= 15 is 0 Å². The minimum Gasteiger partial charge on any atom is -0.396 e. The minimum absolute atomic E-state index is 0.0702. The fourth-order valence-electron chi connectivity index (χ4n) is 1.54. The molecule has 1 rings (SSSR count). The van der Waals surface area contributed by atoms with Gasteiger partial charge in [-0.25, -0.2) is 4.98 Å². The molecule has 1 aromatic heterocycles. The van der Waals surface area contributed by atoms with Crippen LogP contribution in [-0.4, -0.2) is 34.7 Å². The number of rotatable bonds is 8. The summed E-state index contributed by atoms with van der Waals surface area (Å²) in [7, 11) is 1.65. The highest BCUT2D eigenvalue weighted by atomic mass is 32.1. The van der Waals surface area contributed by atoms with Crippen LogP contribution in [0.25, 0.3) is 0 Å². The van der Waals surface area contributed by atoms with Gasteiger partial charge >= 0.3 is 0 Å². The van der Waals surface area contributed by atoms with Crippen molar-refractivity contribution in [2.45, 2.75) is 39.7 Å². The number of hydrogen-bond donors (Lipinski definition) is 2. The summed E-state index contributed by atoms with van der Waals surface area (Å²) in [6.07, 6.45) is 1.74. The Kier molecular flexibility index (Phi) is 5.98. The molecule has 18 heavy (non-hydrogen) atoms. The zero-order chi connectivity index (χ0) is 13.6. The van der Waals surface area contributed by atoms with E-state index in [4.69, 9.17) is 9.84 Å². The largest absolute Gasteiger partial charge is 0.396 e. The van der Waals surface area contributed by atoms with Gasteiger partial charge in [0.05, 0.1) is 0 Å². The van der Waals surface area contributed by atoms with Crippen LogP contribution >= 0.6 is 11.5 Å². The third-order valence-corrected chi connectivity index (χ3v) is 3.58. The van der Waals surface area contributed by atoms with E-state index in [0.29, 0.717) is 0 Å². The van der Waals surface area contributed by atoms with Gasteiger partial charge in [-0.3, -0.25) is 0 Å². The van der Waals surface area contributed by atoms with Gasteiger partial charge in [-0.05, 0) is 25.2 Å². The van der Waals surface area contributed by atoms with Crippen LogP contribution in [0.5, 0.6) is 0 Å². The Bertz CT molecular complexity index is 355. The molecule has 0 radical (unpaired) electrons. The molecule has 104 valence electrons. The molecule has 1 unspecified atom stereocenters. The second-order valence-corrected chi connectivity index (χ2v) is 5.93. The summed E-state index contributed by atoms with van der Waals surface area (Å²) in [5.74, 6) is 0.721. The van der Waals surface area contributed by atoms with E-state index < -0.39 is 0 Å². The first-order valence-electron chi connectivity index (χ1n) is 6.19. The number of aliphatic hydroxyl groups is 1. The molecule has 6 heteroatoms. The average molecular weight is 273 g/mol. The quantitative estimate of drug-likeness (QED) is 0.761. The van der Waals surface area contributed by atoms with Crippen LogP contribution in [0.1, 0.15) is 45.5 Å². The van der Waals surface area contributed by atoms with Crippen molar-refractivity contribution in [1.82, 2.24) is 9.36 Å². The number of aliphatic hydroxyl groups excluding tert-OH is 1. The molecule has 0 aliphatic carbocycles. The molecular formula is C12H23N3O2S. The fourth-order valence-corrected chi connectivity index (χ4v) is 2.18. The lowest BCUT2D eigenvalue weighted by Gasteiger charge is -2.24. The Morgan fingerprint density at radius 3 is 2.83 bits per heavy atom. The van der Waals surface area contributed by atoms with E-state index in [0.717, 1.165) is 30.3 Å². The van der Waals surface area contributed by atoms with E-state index in [1.807, 2.05) is 6.92 Å². The monoisotopic (exact) mass is 273 g/mol. The van der Waals surface area contributed by atoms with Crippen molar-refractivity contribution in [3.63, 3.8) is 0 Å². The molecular weight excluding hydrogens is 250 g/mol. The Balaban J connectivity index is 2.45. The normalized spacial score (nSPS) is 13.6. The Morgan fingerprint density at radius 2 is 2.22 bits per heavy atom. The number of ether oxygens (including phenoxy) is 1. The van der Waals surface area contributed by atoms with E-state index in [-0.39, 0.29) is 18.1 Å². The Hall–Kier alpha value is -0.720. The van der Waals surface area contributed by atoms with Crippen molar-refractivity contribution in [2.75, 3.05) is 25.6 Å². The molecule has 0 saturated carbocycles. The average Bonchev–Trinajstić information content (AvgIpc) is 2.82. The summed E-state index contributed by atoms with van der Waals surface area (Å²) in [5, 5.41) is 13.0. The summed E-state index contributed by atoms with van der Waals surface area (Å²) >= 11 is 1.36. The van der Waals surface area contributed by atoms with Gasteiger partial charge in [0, 0.05) is 31.8 Å². The molecule has 0 saturated heterocycles. The van der Waals surface area contributed by atoms with Crippen molar-refractivity contribution >= 4 is 16.7 Å². The SMILES string of the molecule is COC(C)c1nsc(NCC(C)(C)CCCO)n1. The molecule has 0 aliphatic rings. The lowest BCUT2D eigenvalue weighted by molar-refractivity contribution is 0.113. The van der Waals surface area contributed by atoms with Crippen molar-refractivity contribution in [3.05, 3.63) is 5.82 Å². The first kappa shape index (κ1) is 15.3. The van der Waals surface area contributed by atoms with E-state index in [1.165, 1.54) is 11.5 Å². The standard InChI is InChI=1S/C12H23N3O2S/c1-9(17-4)10-14-11(18-15-10)13-8-12(2,3)6-5-7-16/h9,16H,5-8H2,1-4H3,(H,13,14,15). The zero-order valence-electron chi connectivity index (χ0n) is 11.6. The van der Waals surface area contributed by atoms with Crippen LogP contribution in [0.15, 0.2) is 0 Å². The van der Waals surface area contributed by atoms with Crippen LogP contribution < -0.4 is 5.32 Å². The van der Waals surface area contributed by atoms with Gasteiger partial charge in [0.1, 0.15) is 6.10 Å². The number of hydrogen-bond acceptors (Lipinski definition) is 6. The highest BCUT2D eigenvalue weighted by Gasteiger charge is 2.18. The van der Waals surface area contributed by atoms with Gasteiger partial charge in [-0.15, -0.1) is 0 Å². The summed E-state index contributed by atoms with van der Waals surface area (Å²) < 4.78 is 9.43. The summed E-state index contributed by atoms with van der Waals surface area (Å²) in [6.45, 7) is 7.35. The molecule has 1 heterocycles. The van der Waals surface area contributed by atoms with Gasteiger partial charge < -0.3 is 15.2 Å². The molecule has 1 aromatic rings. The van der Waals surface area contributed by atoms with Crippen molar-refractivity contribution in [2.24, 2.45) is 5.41 Å². The predicted molar refractivity (Wildman–Crippen MR) is 73.9 cm³/mol. The Labute approximate surface area is 113 Å². The maximum atomic E-state index is 8.85. The smallest absolute Gasteiger partial charge is 0.202 e. The van der Waals surface area contributed by atoms with Gasteiger partial charge in [0.25, 0.3) is 0 Å². The van der Waals surface area contributed by atoms with Gasteiger partial charge in [0.15, 0.2) is 5.82 Å².